The third-order valence-electron chi connectivity index (χ3n) is 1.62. The Kier molecular flexibility index (Phi) is 73.5. The monoisotopic (exact) mass is 5220 g/mol. The van der Waals surface area contributed by atoms with Gasteiger partial charge in [-0.25, -0.2) is 0 Å². The maximum absolute atomic E-state index is 3.35. The Labute approximate surface area is 525 Å². The van der Waals surface area contributed by atoms with E-state index in [-0.39, 0.29) is 0 Å². The second kappa shape index (κ2) is 42.9. The molecule has 0 unspecified atom stereocenters. The molecule has 0 radical (unpaired) electrons. The third kappa shape index (κ3) is 29.6. The van der Waals surface area contributed by atoms with Gasteiger partial charge in [-0.05, 0) is 0 Å². The second-order valence-corrected chi connectivity index (χ2v) is 958. The average molecular weight is 5220 g/mol. The van der Waals surface area contributed by atoms with Gasteiger partial charge in [0.05, 0.1) is 0 Å². The number of hydrogen-bond acceptors (Lipinski definition) is 0. The molecule has 0 aromatic carbocycles. The maximum atomic E-state index is 3.35. The summed E-state index contributed by atoms with van der Waals surface area (Å²) in [6.45, 7) is 0. The van der Waals surface area contributed by atoms with Gasteiger partial charge in [0.25, 0.3) is 0 Å². The van der Waals surface area contributed by atoms with Crippen LogP contribution < -0.4 is 0 Å². The molecule has 0 aliphatic carbocycles. The van der Waals surface area contributed by atoms with E-state index in [4.69, 9.17) is 0 Å². The van der Waals surface area contributed by atoms with E-state index in [0.717, 1.165) is 0 Å². The van der Waals surface area contributed by atoms with Crippen molar-refractivity contribution in [2.45, 2.75) is 0 Å². The first-order valence-corrected chi connectivity index (χ1v) is 260. The summed E-state index contributed by atoms with van der Waals surface area (Å²) in [7, 11) is -9.69. The van der Waals surface area contributed by atoms with Crippen molar-refractivity contribution < 1.29 is 0 Å². The van der Waals surface area contributed by atoms with E-state index in [2.05, 4.69) is 396 Å². The molecule has 0 bridgehead atoms. The van der Waals surface area contributed by atoms with Crippen molar-refractivity contribution in [1.82, 2.24) is 0 Å². The molecule has 0 aliphatic heterocycles. The Morgan fingerprint density at radius 1 is 0.190 bits per heavy atom. The van der Waals surface area contributed by atoms with Crippen LogP contribution in [0.5, 0.6) is 0 Å². The molecule has 0 N–H and O–H groups in total. The quantitative estimate of drug-likeness (QED) is 0.0893. The Bertz CT molecular complexity index is 652. The van der Waals surface area contributed by atoms with Gasteiger partial charge in [0.2, 0.25) is 0 Å². The van der Waals surface area contributed by atoms with Crippen molar-refractivity contribution in [1.29, 1.82) is 0 Å². The van der Waals surface area contributed by atoms with E-state index in [1.54, 1.807) is 0 Å². The number of hydrogen-bond donors (Lipinski definition) is 0. The fourth-order valence-corrected chi connectivity index (χ4v) is 7420. The molecule has 0 saturated heterocycles. The second-order valence-electron chi connectivity index (χ2n) is 3.42. The van der Waals surface area contributed by atoms with Crippen LogP contribution in [0.1, 0.15) is 0 Å². The fourth-order valence-electron chi connectivity index (χ4n) is 0.581. The van der Waals surface area contributed by atoms with E-state index < -0.39 is 162 Å². The van der Waals surface area contributed by atoms with Gasteiger partial charge in [-0.3, -0.25) is 0 Å². The summed E-state index contributed by atoms with van der Waals surface area (Å²) < 4.78 is 0. The molecule has 0 spiro atoms. The molecule has 42 heavy (non-hydrogen) atoms. The van der Waals surface area contributed by atoms with Crippen molar-refractivity contribution in [3.63, 3.8) is 0 Å². The van der Waals surface area contributed by atoms with Gasteiger partial charge in [0, 0.05) is 0 Å². The standard InChI is InChI=1S/CH3I41/c1-23(2)25(5)27(7)29(9)31(11)33(13)35(15)37(17)39(19)41(21)42(22)40(20)38(18)36(16)34(14)32(12)30(10)28(8)26(6)24(3)4/h1H3. The molecule has 0 heterocycles. The Morgan fingerprint density at radius 2 is 0.310 bits per heavy atom. The van der Waals surface area contributed by atoms with Crippen LogP contribution in [0.3, 0.4) is 0 Å². The minimum absolute atomic E-state index is 0.440. The minimum atomic E-state index is -0.548. The van der Waals surface area contributed by atoms with Gasteiger partial charge >= 0.3 is 558 Å². The van der Waals surface area contributed by atoms with Crippen molar-refractivity contribution >= 4 is 553 Å². The van der Waals surface area contributed by atoms with Crippen LogP contribution in [0.25, 0.3) is 0 Å². The molecule has 0 aliphatic rings. The Morgan fingerprint density at radius 3 is 0.429 bits per heavy atom. The first-order valence-electron chi connectivity index (χ1n) is 6.09. The summed E-state index contributed by atoms with van der Waals surface area (Å²) >= 11 is 67.6. The van der Waals surface area contributed by atoms with Crippen molar-refractivity contribution in [3.05, 3.63) is 0 Å². The number of alkyl halides is 1. The van der Waals surface area contributed by atoms with Crippen molar-refractivity contribution in [2.24, 2.45) is 0 Å². The fraction of sp³-hybridized carbons (Fsp3) is 1.00. The molecule has 0 fully saturated rings. The SMILES string of the molecule is CI(I)I(I)I(I)I(I)I(I)I(I)I(I)I(I)I(I)I(I)I(I)I(I)I(I)I(I)I(I)I(I)I(I)I(I)I(I)I(I)I. The van der Waals surface area contributed by atoms with Gasteiger partial charge in [-0.1, -0.05) is 0 Å². The van der Waals surface area contributed by atoms with Gasteiger partial charge in [-0.15, -0.1) is 0 Å². The van der Waals surface area contributed by atoms with Crippen molar-refractivity contribution in [3.8, 4) is 0 Å². The summed E-state index contributed by atoms with van der Waals surface area (Å²) in [4.78, 5) is 2.73. The molecular formula is CH3I41. The van der Waals surface area contributed by atoms with Crippen LogP contribution in [0.15, 0.2) is 0 Å². The predicted octanol–water partition coefficient (Wildman–Crippen LogP) is 36.5. The molecule has 0 rings (SSSR count). The average Bonchev–Trinajstić information content (AvgIpc) is 2.97. The van der Waals surface area contributed by atoms with Crippen LogP contribution in [0.2, 0.25) is 0 Å². The van der Waals surface area contributed by atoms with Gasteiger partial charge in [0.15, 0.2) is 0 Å². The van der Waals surface area contributed by atoms with Gasteiger partial charge in [-0.2, -0.15) is 0 Å². The molecule has 0 saturated carbocycles. The zero-order valence-corrected chi connectivity index (χ0v) is 105. The molecule has 0 aromatic rings. The van der Waals surface area contributed by atoms with E-state index in [1.807, 2.05) is 0 Å². The number of rotatable bonds is 19. The molecule has 0 aromatic heterocycles. The van der Waals surface area contributed by atoms with Crippen LogP contribution >= 0.6 is 553 Å². The molecular weight excluding hydrogens is 5220 g/mol. The topological polar surface area (TPSA) is 0 Å². The first-order chi connectivity index (χ1) is 19.0. The van der Waals surface area contributed by atoms with Gasteiger partial charge in [0.1, 0.15) is 0 Å². The van der Waals surface area contributed by atoms with E-state index in [9.17, 15) is 0 Å². The van der Waals surface area contributed by atoms with E-state index >= 15 is 0 Å². The molecule has 0 amide bonds. The Hall–Kier alpha value is 29.9. The summed E-state index contributed by atoms with van der Waals surface area (Å²) in [5, 5.41) is 0. The third-order valence-corrected chi connectivity index (χ3v) is 3090. The van der Waals surface area contributed by atoms with Crippen LogP contribution in [-0.4, -0.2) is 4.93 Å². The summed E-state index contributed by atoms with van der Waals surface area (Å²) in [6.07, 6.45) is 0. The summed E-state index contributed by atoms with van der Waals surface area (Å²) in [5.41, 5.74) is 0. The Balaban J connectivity index is 5.44. The van der Waals surface area contributed by atoms with Crippen molar-refractivity contribution in [2.75, 3.05) is 4.93 Å². The van der Waals surface area contributed by atoms with Gasteiger partial charge < -0.3 is 0 Å². The van der Waals surface area contributed by atoms with Crippen LogP contribution in [-0.2, 0) is 0 Å². The van der Waals surface area contributed by atoms with E-state index in [1.165, 1.54) is 0 Å². The summed E-state index contributed by atoms with van der Waals surface area (Å²) in [6, 6.07) is 0. The van der Waals surface area contributed by atoms with E-state index in [0.29, 0.717) is 0 Å². The molecule has 294 valence electrons. The molecule has 0 atom stereocenters. The molecule has 0 nitrogen and oxygen atoms in total. The van der Waals surface area contributed by atoms with Crippen LogP contribution in [0.4, 0.5) is 0 Å². The normalized spacial score (nSPS) is 18.7. The predicted molar refractivity (Wildman–Crippen MR) is 581 cm³/mol. The molecule has 41 heteroatoms. The zero-order valence-electron chi connectivity index (χ0n) is 16.5. The first kappa shape index (κ1) is 71.9. The zero-order chi connectivity index (χ0) is 33.5. The van der Waals surface area contributed by atoms with Crippen LogP contribution in [0, 0.1) is 0 Å². The number of halogens is 41. The summed E-state index contributed by atoms with van der Waals surface area (Å²) in [5.74, 6) is 0.